The van der Waals surface area contributed by atoms with E-state index in [1.165, 1.54) is 6.07 Å². The van der Waals surface area contributed by atoms with E-state index in [1.807, 2.05) is 6.92 Å². The molecule has 0 bridgehead atoms. The van der Waals surface area contributed by atoms with Crippen molar-refractivity contribution >= 4 is 35.0 Å². The number of hydrogen-bond donors (Lipinski definition) is 2. The first-order chi connectivity index (χ1) is 10.5. The third-order valence-corrected chi connectivity index (χ3v) is 3.14. The number of nitrogens with two attached hydrogens (primary N) is 1. The fraction of sp³-hybridized carbons (Fsp3) is 0.133. The number of nitrogens with one attached hydrogen (secondary N) is 2. The van der Waals surface area contributed by atoms with Crippen molar-refractivity contribution in [2.24, 2.45) is 0 Å². The van der Waals surface area contributed by atoms with Crippen molar-refractivity contribution in [3.63, 3.8) is 0 Å². The Bertz CT molecular complexity index is 719. The average Bonchev–Trinajstić information content (AvgIpc) is 2.48. The largest absolute Gasteiger partial charge is 0.452 e. The third kappa shape index (κ3) is 3.95. The molecule has 0 unspecified atom stereocenters. The van der Waals surface area contributed by atoms with Crippen molar-refractivity contribution in [2.75, 3.05) is 17.7 Å². The van der Waals surface area contributed by atoms with Crippen LogP contribution in [-0.2, 0) is 9.53 Å². The molecule has 0 fully saturated rings. The number of benzene rings is 1. The molecule has 0 spiro atoms. The minimum absolute atomic E-state index is 0.179. The summed E-state index contributed by atoms with van der Waals surface area (Å²) in [5.74, 6) is -0.934. The van der Waals surface area contributed by atoms with Crippen LogP contribution in [-0.4, -0.2) is 18.5 Å². The van der Waals surface area contributed by atoms with Crippen LogP contribution in [0.5, 0.6) is 0 Å². The van der Waals surface area contributed by atoms with Crippen LogP contribution < -0.4 is 16.0 Å². The molecule has 2 rings (SSSR count). The number of ether oxygens (including phenoxy) is 1. The van der Waals surface area contributed by atoms with Gasteiger partial charge in [0.25, 0.3) is 11.7 Å². The summed E-state index contributed by atoms with van der Waals surface area (Å²) in [6, 6.07) is 8.20. The van der Waals surface area contributed by atoms with Gasteiger partial charge in [-0.15, -0.1) is 0 Å². The molecule has 0 saturated heterocycles. The van der Waals surface area contributed by atoms with Crippen molar-refractivity contribution < 1.29 is 19.3 Å². The van der Waals surface area contributed by atoms with Crippen molar-refractivity contribution in [1.29, 1.82) is 0 Å². The van der Waals surface area contributed by atoms with E-state index in [0.717, 1.165) is 5.56 Å². The number of carbonyl (C=O) groups is 2. The average molecular weight is 321 g/mol. The molecule has 0 aliphatic heterocycles. The van der Waals surface area contributed by atoms with Gasteiger partial charge in [-0.25, -0.2) is 9.78 Å². The van der Waals surface area contributed by atoms with Crippen LogP contribution in [0.15, 0.2) is 36.5 Å². The highest BCUT2D eigenvalue weighted by molar-refractivity contribution is 6.30. The van der Waals surface area contributed by atoms with Gasteiger partial charge in [-0.05, 0) is 42.8 Å². The number of rotatable bonds is 4. The minimum atomic E-state index is -0.669. The second-order valence-electron chi connectivity index (χ2n) is 4.58. The Morgan fingerprint density at radius 1 is 1.36 bits per heavy atom. The van der Waals surface area contributed by atoms with Crippen LogP contribution in [0, 0.1) is 6.92 Å². The molecule has 6 nitrogen and oxygen atoms in total. The van der Waals surface area contributed by atoms with Crippen LogP contribution >= 0.6 is 11.6 Å². The molecule has 1 aromatic heterocycles. The Labute approximate surface area is 132 Å². The molecular weight excluding hydrogens is 306 g/mol. The number of hydrogen-bond acceptors (Lipinski definition) is 4. The number of aryl methyl sites for hydroxylation is 1. The van der Waals surface area contributed by atoms with Crippen LogP contribution in [0.2, 0.25) is 5.02 Å². The summed E-state index contributed by atoms with van der Waals surface area (Å²) >= 11 is 5.84. The van der Waals surface area contributed by atoms with E-state index < -0.39 is 18.5 Å². The van der Waals surface area contributed by atoms with Crippen molar-refractivity contribution in [1.82, 2.24) is 0 Å². The van der Waals surface area contributed by atoms with Gasteiger partial charge in [-0.1, -0.05) is 11.6 Å². The molecule has 0 atom stereocenters. The minimum Gasteiger partial charge on any atom is -0.452 e. The van der Waals surface area contributed by atoms with Crippen LogP contribution in [0.3, 0.4) is 0 Å². The van der Waals surface area contributed by atoms with Gasteiger partial charge < -0.3 is 10.1 Å². The van der Waals surface area contributed by atoms with E-state index >= 15 is 0 Å². The number of H-pyrrole nitrogens is 1. The summed E-state index contributed by atoms with van der Waals surface area (Å²) in [4.78, 5) is 26.3. The van der Waals surface area contributed by atoms with Crippen molar-refractivity contribution in [3.05, 3.63) is 52.7 Å². The fourth-order valence-corrected chi connectivity index (χ4v) is 2.02. The SMILES string of the molecule is Cc1cc(Cl)ccc1NC(=O)COC(=O)c1ccc[nH+]c1N. The van der Waals surface area contributed by atoms with Gasteiger partial charge in [0.1, 0.15) is 5.56 Å². The Morgan fingerprint density at radius 3 is 2.82 bits per heavy atom. The number of pyridine rings is 1. The fourth-order valence-electron chi connectivity index (χ4n) is 1.79. The van der Waals surface area contributed by atoms with Gasteiger partial charge in [0, 0.05) is 10.7 Å². The van der Waals surface area contributed by atoms with Gasteiger partial charge in [0.05, 0.1) is 6.20 Å². The molecule has 1 heterocycles. The molecule has 0 radical (unpaired) electrons. The summed E-state index contributed by atoms with van der Waals surface area (Å²) < 4.78 is 4.93. The van der Waals surface area contributed by atoms with Gasteiger partial charge in [0.15, 0.2) is 6.61 Å². The predicted octanol–water partition coefficient (Wildman–Crippen LogP) is 1.84. The summed E-state index contributed by atoms with van der Waals surface area (Å²) in [7, 11) is 0. The molecule has 114 valence electrons. The topological polar surface area (TPSA) is 95.6 Å². The zero-order valence-corrected chi connectivity index (χ0v) is 12.6. The van der Waals surface area contributed by atoms with E-state index in [-0.39, 0.29) is 11.4 Å². The number of aromatic amines is 1. The first-order valence-electron chi connectivity index (χ1n) is 6.46. The highest BCUT2D eigenvalue weighted by atomic mass is 35.5. The smallest absolute Gasteiger partial charge is 0.347 e. The lowest BCUT2D eigenvalue weighted by Crippen LogP contribution is -2.23. The first kappa shape index (κ1) is 15.8. The second-order valence-corrected chi connectivity index (χ2v) is 5.02. The van der Waals surface area contributed by atoms with Gasteiger partial charge >= 0.3 is 5.97 Å². The van der Waals surface area contributed by atoms with Gasteiger partial charge in [-0.3, -0.25) is 10.5 Å². The molecule has 7 heteroatoms. The summed E-state index contributed by atoms with van der Waals surface area (Å²) in [5.41, 5.74) is 7.22. The summed E-state index contributed by atoms with van der Waals surface area (Å²) in [5, 5.41) is 3.23. The number of aromatic nitrogens is 1. The molecule has 1 aromatic carbocycles. The molecule has 22 heavy (non-hydrogen) atoms. The zero-order chi connectivity index (χ0) is 16.1. The lowest BCUT2D eigenvalue weighted by atomic mass is 10.2. The Morgan fingerprint density at radius 2 is 2.14 bits per heavy atom. The van der Waals surface area contributed by atoms with E-state index in [4.69, 9.17) is 22.1 Å². The van der Waals surface area contributed by atoms with E-state index in [9.17, 15) is 9.59 Å². The van der Waals surface area contributed by atoms with Crippen molar-refractivity contribution in [3.8, 4) is 0 Å². The Kier molecular flexibility index (Phi) is 4.95. The molecule has 1 amide bonds. The number of halogens is 1. The molecular formula is C15H15ClN3O3+. The van der Waals surface area contributed by atoms with E-state index in [2.05, 4.69) is 10.3 Å². The highest BCUT2D eigenvalue weighted by Crippen LogP contribution is 2.19. The number of esters is 1. The van der Waals surface area contributed by atoms with Crippen molar-refractivity contribution in [2.45, 2.75) is 6.92 Å². The molecule has 4 N–H and O–H groups in total. The van der Waals surface area contributed by atoms with Crippen LogP contribution in [0.4, 0.5) is 11.5 Å². The number of anilines is 2. The molecule has 0 saturated carbocycles. The molecule has 0 aliphatic rings. The number of nitrogen functional groups attached to an aromatic ring is 1. The maximum atomic E-state index is 11.8. The van der Waals surface area contributed by atoms with Crippen LogP contribution in [0.25, 0.3) is 0 Å². The Hall–Kier alpha value is -2.60. The lowest BCUT2D eigenvalue weighted by Gasteiger charge is -2.09. The third-order valence-electron chi connectivity index (χ3n) is 2.90. The monoisotopic (exact) mass is 320 g/mol. The Balaban J connectivity index is 1.93. The van der Waals surface area contributed by atoms with Gasteiger partial charge in [-0.2, -0.15) is 0 Å². The van der Waals surface area contributed by atoms with Crippen LogP contribution in [0.1, 0.15) is 15.9 Å². The zero-order valence-electron chi connectivity index (χ0n) is 11.9. The summed E-state index contributed by atoms with van der Waals surface area (Å²) in [6.07, 6.45) is 1.59. The summed E-state index contributed by atoms with van der Waals surface area (Å²) in [6.45, 7) is 1.41. The second kappa shape index (κ2) is 6.91. The normalized spacial score (nSPS) is 10.1. The lowest BCUT2D eigenvalue weighted by molar-refractivity contribution is -0.360. The first-order valence-corrected chi connectivity index (χ1v) is 6.84. The van der Waals surface area contributed by atoms with E-state index in [1.54, 1.807) is 30.5 Å². The predicted molar refractivity (Wildman–Crippen MR) is 82.5 cm³/mol. The quantitative estimate of drug-likeness (QED) is 0.840. The standard InChI is InChI=1S/C15H14ClN3O3/c1-9-7-10(16)4-5-12(9)19-13(20)8-22-15(21)11-3-2-6-18-14(11)17/h2-7H,8H2,1H3,(H2,17,18)(H,19,20)/p+1. The number of amides is 1. The van der Waals surface area contributed by atoms with Gasteiger partial charge in [0.2, 0.25) is 0 Å². The molecule has 2 aromatic rings. The highest BCUT2D eigenvalue weighted by Gasteiger charge is 2.16. The van der Waals surface area contributed by atoms with E-state index in [0.29, 0.717) is 10.7 Å². The molecule has 0 aliphatic carbocycles. The maximum absolute atomic E-state index is 11.8. The number of carbonyl (C=O) groups excluding carboxylic acids is 2. The maximum Gasteiger partial charge on any atom is 0.347 e.